The van der Waals surface area contributed by atoms with Crippen LogP contribution in [0, 0.1) is 0 Å². The summed E-state index contributed by atoms with van der Waals surface area (Å²) in [6, 6.07) is 21.4. The number of pyridine rings is 1. The molecule has 0 aliphatic rings. The second-order valence-electron chi connectivity index (χ2n) is 7.02. The maximum absolute atomic E-state index is 12.7. The number of fused-ring (bicyclic) bond motifs is 1. The first-order chi connectivity index (χ1) is 17.0. The fraction of sp³-hybridized carbons (Fsp3) is 0.207. The Balaban J connectivity index is 0.00000103. The summed E-state index contributed by atoms with van der Waals surface area (Å²) in [4.78, 5) is 28.4. The van der Waals surface area contributed by atoms with E-state index in [0.29, 0.717) is 23.2 Å². The van der Waals surface area contributed by atoms with E-state index in [-0.39, 0.29) is 11.7 Å². The molecule has 0 bridgehead atoms. The van der Waals surface area contributed by atoms with E-state index >= 15 is 0 Å². The SMILES string of the molecule is CC.CC.COC(=O)c1ccc(CNC(=O)c2cccc(-c3cc(O)c4ncccc4c3)c2)cc1. The molecule has 0 aliphatic carbocycles. The highest BCUT2D eigenvalue weighted by Crippen LogP contribution is 2.30. The lowest BCUT2D eigenvalue weighted by molar-refractivity contribution is 0.0600. The number of phenols is 1. The van der Waals surface area contributed by atoms with Crippen molar-refractivity contribution in [3.63, 3.8) is 0 Å². The largest absolute Gasteiger partial charge is 0.506 e. The number of amides is 1. The highest BCUT2D eigenvalue weighted by molar-refractivity contribution is 5.96. The van der Waals surface area contributed by atoms with E-state index in [9.17, 15) is 14.7 Å². The molecule has 1 aromatic heterocycles. The van der Waals surface area contributed by atoms with E-state index in [1.807, 2.05) is 52.0 Å². The maximum Gasteiger partial charge on any atom is 0.337 e. The summed E-state index contributed by atoms with van der Waals surface area (Å²) < 4.78 is 4.68. The molecular weight excluding hydrogens is 440 g/mol. The summed E-state index contributed by atoms with van der Waals surface area (Å²) >= 11 is 0. The molecule has 0 atom stereocenters. The van der Waals surface area contributed by atoms with Gasteiger partial charge in [-0.05, 0) is 59.2 Å². The number of benzene rings is 3. The number of carbonyl (C=O) groups is 2. The topological polar surface area (TPSA) is 88.5 Å². The second kappa shape index (κ2) is 13.5. The first kappa shape index (κ1) is 27.1. The van der Waals surface area contributed by atoms with Gasteiger partial charge in [0.2, 0.25) is 0 Å². The molecular formula is C29H32N2O4. The molecule has 0 radical (unpaired) electrons. The summed E-state index contributed by atoms with van der Waals surface area (Å²) in [7, 11) is 1.33. The van der Waals surface area contributed by atoms with Crippen LogP contribution in [0.25, 0.3) is 22.0 Å². The first-order valence-electron chi connectivity index (χ1n) is 11.7. The van der Waals surface area contributed by atoms with Crippen LogP contribution in [0.1, 0.15) is 54.0 Å². The van der Waals surface area contributed by atoms with Crippen LogP contribution in [0.5, 0.6) is 5.75 Å². The van der Waals surface area contributed by atoms with E-state index in [4.69, 9.17) is 0 Å². The number of aromatic nitrogens is 1. The Hall–Kier alpha value is -4.19. The third-order valence-corrected chi connectivity index (χ3v) is 4.97. The van der Waals surface area contributed by atoms with E-state index < -0.39 is 5.97 Å². The number of esters is 1. The number of carbonyl (C=O) groups excluding carboxylic acids is 2. The van der Waals surface area contributed by atoms with Gasteiger partial charge < -0.3 is 15.2 Å². The van der Waals surface area contributed by atoms with Crippen molar-refractivity contribution in [1.29, 1.82) is 0 Å². The van der Waals surface area contributed by atoms with Gasteiger partial charge >= 0.3 is 5.97 Å². The molecule has 0 aliphatic heterocycles. The van der Waals surface area contributed by atoms with E-state index in [1.165, 1.54) is 7.11 Å². The molecule has 35 heavy (non-hydrogen) atoms. The Morgan fingerprint density at radius 3 is 2.26 bits per heavy atom. The van der Waals surface area contributed by atoms with E-state index in [0.717, 1.165) is 22.1 Å². The van der Waals surface area contributed by atoms with Crippen LogP contribution >= 0.6 is 0 Å². The van der Waals surface area contributed by atoms with Gasteiger partial charge in [0, 0.05) is 23.7 Å². The molecule has 6 nitrogen and oxygen atoms in total. The molecule has 0 unspecified atom stereocenters. The molecule has 4 aromatic rings. The minimum Gasteiger partial charge on any atom is -0.506 e. The molecule has 0 spiro atoms. The van der Waals surface area contributed by atoms with Crippen LogP contribution < -0.4 is 5.32 Å². The van der Waals surface area contributed by atoms with Crippen LogP contribution in [-0.2, 0) is 11.3 Å². The summed E-state index contributed by atoms with van der Waals surface area (Å²) in [6.07, 6.45) is 1.63. The minimum absolute atomic E-state index is 0.0957. The van der Waals surface area contributed by atoms with Crippen molar-refractivity contribution in [2.45, 2.75) is 34.2 Å². The fourth-order valence-electron chi connectivity index (χ4n) is 3.34. The summed E-state index contributed by atoms with van der Waals surface area (Å²) in [5, 5.41) is 14.0. The van der Waals surface area contributed by atoms with Gasteiger partial charge in [-0.15, -0.1) is 0 Å². The first-order valence-corrected chi connectivity index (χ1v) is 11.7. The average molecular weight is 473 g/mol. The normalized spacial score (nSPS) is 9.74. The highest BCUT2D eigenvalue weighted by atomic mass is 16.5. The number of nitrogens with zero attached hydrogens (tertiary/aromatic N) is 1. The third-order valence-electron chi connectivity index (χ3n) is 4.97. The molecule has 1 heterocycles. The van der Waals surface area contributed by atoms with Crippen molar-refractivity contribution >= 4 is 22.8 Å². The van der Waals surface area contributed by atoms with Crippen molar-refractivity contribution in [3.8, 4) is 16.9 Å². The van der Waals surface area contributed by atoms with E-state index in [1.54, 1.807) is 54.7 Å². The molecule has 1 amide bonds. The molecule has 3 aromatic carbocycles. The monoisotopic (exact) mass is 472 g/mol. The number of methoxy groups -OCH3 is 1. The number of rotatable bonds is 5. The Kier molecular flexibility index (Phi) is 10.4. The minimum atomic E-state index is -0.400. The average Bonchev–Trinajstić information content (AvgIpc) is 2.94. The van der Waals surface area contributed by atoms with Crippen molar-refractivity contribution in [3.05, 3.63) is 95.7 Å². The predicted molar refractivity (Wildman–Crippen MR) is 140 cm³/mol. The summed E-state index contributed by atoms with van der Waals surface area (Å²) in [5.41, 5.74) is 3.98. The molecule has 0 saturated carbocycles. The van der Waals surface area contributed by atoms with Crippen LogP contribution in [0.2, 0.25) is 0 Å². The van der Waals surface area contributed by atoms with Gasteiger partial charge in [-0.3, -0.25) is 9.78 Å². The molecule has 0 saturated heterocycles. The van der Waals surface area contributed by atoms with Crippen LogP contribution in [0.3, 0.4) is 0 Å². The number of phenolic OH excluding ortho intramolecular Hbond substituents is 1. The zero-order chi connectivity index (χ0) is 25.8. The van der Waals surface area contributed by atoms with Crippen LogP contribution in [0.15, 0.2) is 79.0 Å². The molecule has 2 N–H and O–H groups in total. The zero-order valence-electron chi connectivity index (χ0n) is 20.8. The van der Waals surface area contributed by atoms with E-state index in [2.05, 4.69) is 15.0 Å². The van der Waals surface area contributed by atoms with Gasteiger partial charge in [-0.25, -0.2) is 4.79 Å². The number of aromatic hydroxyl groups is 1. The van der Waals surface area contributed by atoms with Crippen molar-refractivity contribution in [2.24, 2.45) is 0 Å². The van der Waals surface area contributed by atoms with Gasteiger partial charge in [0.05, 0.1) is 12.7 Å². The lowest BCUT2D eigenvalue weighted by Crippen LogP contribution is -2.22. The van der Waals surface area contributed by atoms with Gasteiger partial charge in [0.25, 0.3) is 5.91 Å². The van der Waals surface area contributed by atoms with Crippen LogP contribution in [0.4, 0.5) is 0 Å². The zero-order valence-corrected chi connectivity index (χ0v) is 20.8. The fourth-order valence-corrected chi connectivity index (χ4v) is 3.34. The van der Waals surface area contributed by atoms with Crippen molar-refractivity contribution in [2.75, 3.05) is 7.11 Å². The Morgan fingerprint density at radius 2 is 1.57 bits per heavy atom. The Bertz CT molecular complexity index is 1270. The molecule has 6 heteroatoms. The number of nitrogens with one attached hydrogen (secondary N) is 1. The third kappa shape index (κ3) is 6.90. The quantitative estimate of drug-likeness (QED) is 0.329. The Morgan fingerprint density at radius 1 is 0.857 bits per heavy atom. The second-order valence-corrected chi connectivity index (χ2v) is 7.02. The standard InChI is InChI=1S/C25H20N2O4.2C2H6/c1-31-25(30)17-9-7-16(8-10-17)15-27-24(29)20-5-2-4-18(12-20)21-13-19-6-3-11-26-23(19)22(28)14-21;2*1-2/h2-14,28H,15H2,1H3,(H,27,29);2*1-2H3. The lowest BCUT2D eigenvalue weighted by Gasteiger charge is -2.09. The van der Waals surface area contributed by atoms with Gasteiger partial charge in [-0.1, -0.05) is 58.0 Å². The summed E-state index contributed by atoms with van der Waals surface area (Å²) in [5.74, 6) is -0.521. The smallest absolute Gasteiger partial charge is 0.337 e. The predicted octanol–water partition coefficient (Wildman–Crippen LogP) is 6.38. The highest BCUT2D eigenvalue weighted by Gasteiger charge is 2.10. The maximum atomic E-state index is 12.7. The lowest BCUT2D eigenvalue weighted by atomic mass is 10.0. The van der Waals surface area contributed by atoms with Gasteiger partial charge in [0.15, 0.2) is 0 Å². The molecule has 0 fully saturated rings. The number of hydrogen-bond donors (Lipinski definition) is 2. The number of hydrogen-bond acceptors (Lipinski definition) is 5. The Labute approximate surface area is 206 Å². The van der Waals surface area contributed by atoms with Crippen molar-refractivity contribution < 1.29 is 19.4 Å². The molecule has 182 valence electrons. The van der Waals surface area contributed by atoms with Crippen molar-refractivity contribution in [1.82, 2.24) is 10.3 Å². The summed E-state index contributed by atoms with van der Waals surface area (Å²) in [6.45, 7) is 8.33. The number of ether oxygens (including phenoxy) is 1. The van der Waals surface area contributed by atoms with Gasteiger partial charge in [0.1, 0.15) is 11.3 Å². The molecule has 4 rings (SSSR count). The van der Waals surface area contributed by atoms with Gasteiger partial charge in [-0.2, -0.15) is 0 Å². The van der Waals surface area contributed by atoms with Crippen LogP contribution in [-0.4, -0.2) is 29.1 Å².